The van der Waals surface area contributed by atoms with Gasteiger partial charge in [0.15, 0.2) is 0 Å². The third-order valence-corrected chi connectivity index (χ3v) is 1.82. The van der Waals surface area contributed by atoms with Crippen LogP contribution in [0.25, 0.3) is 0 Å². The molecule has 0 fully saturated rings. The number of hydrogen-bond acceptors (Lipinski definition) is 0. The smallest absolute Gasteiger partial charge is 0 e. The average Bonchev–Trinajstić information content (AvgIpc) is 2.78. The van der Waals surface area contributed by atoms with Gasteiger partial charge in [0.05, 0.1) is 0 Å². The predicted molar refractivity (Wildman–Crippen MR) is 123 cm³/mol. The first-order valence-electron chi connectivity index (χ1n) is 7.79. The molecule has 0 aromatic carbocycles. The molecule has 0 radical (unpaired) electrons. The van der Waals surface area contributed by atoms with Gasteiger partial charge in [-0.2, -0.15) is 0 Å². The van der Waals surface area contributed by atoms with Gasteiger partial charge in [0, 0.05) is 71.0 Å². The van der Waals surface area contributed by atoms with Crippen molar-refractivity contribution in [2.75, 3.05) is 0 Å². The Balaban J connectivity index is 4.47. The van der Waals surface area contributed by atoms with Crippen LogP contribution in [0.4, 0.5) is 0 Å². The second-order valence-corrected chi connectivity index (χ2v) is 3.77. The lowest BCUT2D eigenvalue weighted by molar-refractivity contribution is 1.92. The maximum Gasteiger partial charge on any atom is 0 e. The van der Waals surface area contributed by atoms with Crippen LogP contribution in [-0.2, 0) is 0 Å². The first kappa shape index (κ1) is 24.4. The Hall–Kier alpha value is -6.60. The topological polar surface area (TPSA) is 0 Å². The van der Waals surface area contributed by atoms with Crippen LogP contribution in [0.3, 0.4) is 0 Å². The maximum absolute atomic E-state index is 4.92. The molecule has 0 heterocycles. The highest BCUT2D eigenvalue weighted by Crippen LogP contribution is 1.60. The van der Waals surface area contributed by atoms with Crippen LogP contribution in [0.15, 0.2) is 0 Å². The third-order valence-electron chi connectivity index (χ3n) is 1.82. The zero-order valence-corrected chi connectivity index (χ0v) is 16.1. The van der Waals surface area contributed by atoms with Crippen molar-refractivity contribution >= 4 is 0 Å². The molecule has 128 valence electrons. The Morgan fingerprint density at radius 1 is 0.258 bits per heavy atom. The van der Waals surface area contributed by atoms with E-state index in [2.05, 4.69) is 172 Å². The summed E-state index contributed by atoms with van der Waals surface area (Å²) >= 11 is 0. The van der Waals surface area contributed by atoms with Crippen LogP contribution in [0.1, 0.15) is 6.92 Å². The first-order chi connectivity index (χ1) is 15.4. The summed E-state index contributed by atoms with van der Waals surface area (Å²) in [6.45, 7) is 1.69. The molecule has 0 aromatic heterocycles. The molecule has 0 aromatic rings. The molecular formula is C31H4. The van der Waals surface area contributed by atoms with Crippen molar-refractivity contribution in [3.8, 4) is 178 Å². The second-order valence-electron chi connectivity index (χ2n) is 3.77. The minimum atomic E-state index is 1.69. The predicted octanol–water partition coefficient (Wildman–Crippen LogP) is 0.687. The number of terminal acetylenes is 1. The first-order valence-corrected chi connectivity index (χ1v) is 7.79. The second kappa shape index (κ2) is 23.4. The summed E-state index contributed by atoms with van der Waals surface area (Å²) in [6, 6.07) is 0. The summed E-state index contributed by atoms with van der Waals surface area (Å²) < 4.78 is 0. The standard InChI is InChI=1S/C31H4/c1-3-5-7-9-11-13-15-17-19-21-23-25-27-29-31-30-28-26-24-22-20-18-16-14-12-10-8-6-4-2/h1H,2H3. The molecule has 0 spiro atoms. The van der Waals surface area contributed by atoms with Gasteiger partial charge in [-0.25, -0.2) is 0 Å². The molecule has 0 aliphatic carbocycles. The molecule has 0 atom stereocenters. The molecule has 0 rings (SSSR count). The van der Waals surface area contributed by atoms with Crippen molar-refractivity contribution in [2.45, 2.75) is 6.92 Å². The van der Waals surface area contributed by atoms with Crippen LogP contribution < -0.4 is 0 Å². The van der Waals surface area contributed by atoms with Gasteiger partial charge in [-0.15, -0.1) is 6.42 Å². The van der Waals surface area contributed by atoms with Crippen LogP contribution in [-0.4, -0.2) is 0 Å². The quantitative estimate of drug-likeness (QED) is 0.546. The van der Waals surface area contributed by atoms with Crippen molar-refractivity contribution in [1.29, 1.82) is 0 Å². The van der Waals surface area contributed by atoms with Crippen LogP contribution in [0.2, 0.25) is 0 Å². The Bertz CT molecular complexity index is 1650. The van der Waals surface area contributed by atoms with Crippen molar-refractivity contribution in [2.24, 2.45) is 0 Å². The molecule has 0 saturated carbocycles. The van der Waals surface area contributed by atoms with Gasteiger partial charge in [0.2, 0.25) is 0 Å². The van der Waals surface area contributed by atoms with E-state index in [-0.39, 0.29) is 0 Å². The van der Waals surface area contributed by atoms with E-state index in [0.29, 0.717) is 0 Å². The van der Waals surface area contributed by atoms with Gasteiger partial charge in [-0.3, -0.25) is 0 Å². The fourth-order valence-electron chi connectivity index (χ4n) is 0.880. The lowest BCUT2D eigenvalue weighted by atomic mass is 10.4. The summed E-state index contributed by atoms with van der Waals surface area (Å²) in [5.74, 6) is 71.9. The molecule has 0 saturated heterocycles. The Morgan fingerprint density at radius 2 is 0.419 bits per heavy atom. The third kappa shape index (κ3) is 23.4. The van der Waals surface area contributed by atoms with Gasteiger partial charge < -0.3 is 0 Å². The highest BCUT2D eigenvalue weighted by Gasteiger charge is 1.59. The van der Waals surface area contributed by atoms with Crippen molar-refractivity contribution < 1.29 is 0 Å². The zero-order valence-electron chi connectivity index (χ0n) is 16.1. The Labute approximate surface area is 185 Å². The summed E-state index contributed by atoms with van der Waals surface area (Å²) in [5.41, 5.74) is 0. The zero-order chi connectivity index (χ0) is 22.5. The van der Waals surface area contributed by atoms with E-state index in [1.54, 1.807) is 6.92 Å². The Morgan fingerprint density at radius 3 is 0.581 bits per heavy atom. The lowest BCUT2D eigenvalue weighted by Gasteiger charge is -1.57. The molecule has 0 amide bonds. The molecule has 0 aliphatic rings. The van der Waals surface area contributed by atoms with E-state index >= 15 is 0 Å². The number of rotatable bonds is 0. The molecule has 0 nitrogen and oxygen atoms in total. The highest BCUT2D eigenvalue weighted by atomic mass is 13.6. The van der Waals surface area contributed by atoms with E-state index in [1.807, 2.05) is 0 Å². The normalized spacial score (nSPS) is 3.87. The van der Waals surface area contributed by atoms with Crippen LogP contribution in [0, 0.1) is 178 Å². The monoisotopic (exact) mass is 376 g/mol. The minimum absolute atomic E-state index is 1.69. The fraction of sp³-hybridized carbons (Fsp3) is 0.0323. The molecule has 0 aliphatic heterocycles. The van der Waals surface area contributed by atoms with Gasteiger partial charge in [-0.05, 0) is 102 Å². The van der Waals surface area contributed by atoms with E-state index in [9.17, 15) is 0 Å². The maximum atomic E-state index is 4.92. The minimum Gasteiger partial charge on any atom is -0.106 e. The Kier molecular flexibility index (Phi) is 18.4. The van der Waals surface area contributed by atoms with Gasteiger partial charge in [0.25, 0.3) is 0 Å². The molecule has 0 heteroatoms. The van der Waals surface area contributed by atoms with Crippen molar-refractivity contribution in [3.05, 3.63) is 0 Å². The van der Waals surface area contributed by atoms with Crippen molar-refractivity contribution in [3.63, 3.8) is 0 Å². The average molecular weight is 376 g/mol. The highest BCUT2D eigenvalue weighted by molar-refractivity contribution is 5.48. The van der Waals surface area contributed by atoms with Crippen molar-refractivity contribution in [1.82, 2.24) is 0 Å². The molecule has 31 heavy (non-hydrogen) atoms. The van der Waals surface area contributed by atoms with E-state index < -0.39 is 0 Å². The van der Waals surface area contributed by atoms with E-state index in [4.69, 9.17) is 6.42 Å². The van der Waals surface area contributed by atoms with E-state index in [1.165, 1.54) is 0 Å². The molecule has 0 unspecified atom stereocenters. The van der Waals surface area contributed by atoms with E-state index in [0.717, 1.165) is 0 Å². The lowest BCUT2D eigenvalue weighted by Crippen LogP contribution is -1.57. The summed E-state index contributed by atoms with van der Waals surface area (Å²) in [4.78, 5) is 0. The van der Waals surface area contributed by atoms with Crippen LogP contribution >= 0.6 is 0 Å². The molecule has 0 bridgehead atoms. The van der Waals surface area contributed by atoms with Gasteiger partial charge in [0.1, 0.15) is 0 Å². The summed E-state index contributed by atoms with van der Waals surface area (Å²) in [5, 5.41) is 0. The number of hydrogen-bond donors (Lipinski definition) is 0. The van der Waals surface area contributed by atoms with Gasteiger partial charge >= 0.3 is 0 Å². The fourth-order valence-corrected chi connectivity index (χ4v) is 0.880. The SMILES string of the molecule is C#CC#CC#CC#CC#CC#CC#CC#CC#CC#CC#CC#CC#CC#CC#CC. The van der Waals surface area contributed by atoms with Crippen LogP contribution in [0.5, 0.6) is 0 Å². The molecule has 0 N–H and O–H groups in total. The molecular weight excluding hydrogens is 372 g/mol. The summed E-state index contributed by atoms with van der Waals surface area (Å²) in [7, 11) is 0. The van der Waals surface area contributed by atoms with Gasteiger partial charge in [-0.1, -0.05) is 5.92 Å². The summed E-state index contributed by atoms with van der Waals surface area (Å²) in [6.07, 6.45) is 4.92. The largest absolute Gasteiger partial charge is 0.106 e.